The normalized spacial score (nSPS) is 12.4. The molecule has 2 atom stereocenters. The molecule has 2 aromatic rings. The first kappa shape index (κ1) is 27.1. The van der Waals surface area contributed by atoms with Gasteiger partial charge in [-0.25, -0.2) is 0 Å². The highest BCUT2D eigenvalue weighted by Crippen LogP contribution is 2.25. The van der Waals surface area contributed by atoms with Gasteiger partial charge in [0.05, 0.1) is 30.6 Å². The van der Waals surface area contributed by atoms with E-state index >= 15 is 0 Å². The molecule has 0 aliphatic carbocycles. The summed E-state index contributed by atoms with van der Waals surface area (Å²) in [5.74, 6) is -1.05. The average molecular weight is 465 g/mol. The van der Waals surface area contributed by atoms with Crippen molar-refractivity contribution < 1.29 is 19.4 Å². The van der Waals surface area contributed by atoms with Gasteiger partial charge in [-0.1, -0.05) is 62.9 Å². The van der Waals surface area contributed by atoms with Crippen LogP contribution in [0.3, 0.4) is 0 Å². The van der Waals surface area contributed by atoms with Gasteiger partial charge in [-0.05, 0) is 55.0 Å². The van der Waals surface area contributed by atoms with E-state index in [4.69, 9.17) is 10.00 Å². The number of hydrogen-bond donors (Lipinski definition) is 2. The minimum atomic E-state index is -0.954. The molecule has 182 valence electrons. The summed E-state index contributed by atoms with van der Waals surface area (Å²) in [5, 5.41) is 22.8. The van der Waals surface area contributed by atoms with E-state index in [1.807, 2.05) is 44.2 Å². The molecule has 0 aromatic heterocycles. The minimum absolute atomic E-state index is 0.0718. The zero-order valence-corrected chi connectivity index (χ0v) is 20.5. The fraction of sp³-hybridized carbons (Fsp3) is 0.464. The van der Waals surface area contributed by atoms with Crippen LogP contribution in [0.5, 0.6) is 0 Å². The van der Waals surface area contributed by atoms with Crippen molar-refractivity contribution in [3.05, 3.63) is 64.7 Å². The van der Waals surface area contributed by atoms with Crippen LogP contribution >= 0.6 is 0 Å². The first-order valence-electron chi connectivity index (χ1n) is 12.0. The Kier molecular flexibility index (Phi) is 11.3. The van der Waals surface area contributed by atoms with Crippen LogP contribution in [0.4, 0.5) is 5.69 Å². The van der Waals surface area contributed by atoms with E-state index in [0.717, 1.165) is 42.4 Å². The Labute approximate surface area is 203 Å². The molecule has 1 unspecified atom stereocenters. The lowest BCUT2D eigenvalue weighted by molar-refractivity contribution is -0.147. The van der Waals surface area contributed by atoms with Crippen LogP contribution in [0.25, 0.3) is 0 Å². The fourth-order valence-electron chi connectivity index (χ4n) is 4.05. The number of hydrogen-bond acceptors (Lipinski definition) is 5. The van der Waals surface area contributed by atoms with Crippen LogP contribution in [-0.4, -0.2) is 23.1 Å². The van der Waals surface area contributed by atoms with E-state index in [1.165, 1.54) is 0 Å². The minimum Gasteiger partial charge on any atom is -0.461 e. The van der Waals surface area contributed by atoms with Crippen LogP contribution in [0.1, 0.15) is 74.1 Å². The van der Waals surface area contributed by atoms with Crippen molar-refractivity contribution >= 4 is 17.6 Å². The summed E-state index contributed by atoms with van der Waals surface area (Å²) in [6.45, 7) is 5.99. The van der Waals surface area contributed by atoms with E-state index < -0.39 is 6.10 Å². The molecule has 2 N–H and O–H groups in total. The van der Waals surface area contributed by atoms with Crippen molar-refractivity contribution in [1.82, 2.24) is 0 Å². The predicted octanol–water partition coefficient (Wildman–Crippen LogP) is 5.58. The predicted molar refractivity (Wildman–Crippen MR) is 133 cm³/mol. The summed E-state index contributed by atoms with van der Waals surface area (Å²) in [6.07, 6.45) is 3.77. The van der Waals surface area contributed by atoms with E-state index in [2.05, 4.69) is 18.3 Å². The van der Waals surface area contributed by atoms with E-state index in [9.17, 15) is 14.7 Å². The van der Waals surface area contributed by atoms with Gasteiger partial charge in [0.1, 0.15) is 6.61 Å². The van der Waals surface area contributed by atoms with Crippen molar-refractivity contribution in [1.29, 1.82) is 5.26 Å². The number of aliphatic hydroxyl groups is 1. The van der Waals surface area contributed by atoms with E-state index in [1.54, 1.807) is 12.1 Å². The first-order valence-corrected chi connectivity index (χ1v) is 12.0. The molecule has 0 fully saturated rings. The Hall–Kier alpha value is -3.17. The van der Waals surface area contributed by atoms with Crippen molar-refractivity contribution in [3.8, 4) is 6.07 Å². The number of rotatable bonds is 13. The lowest BCUT2D eigenvalue weighted by Crippen LogP contribution is -2.29. The molecule has 0 saturated carbocycles. The topological polar surface area (TPSA) is 99.4 Å². The zero-order chi connectivity index (χ0) is 24.9. The highest BCUT2D eigenvalue weighted by molar-refractivity contribution is 5.92. The number of anilines is 1. The van der Waals surface area contributed by atoms with Crippen LogP contribution in [0.2, 0.25) is 0 Å². The number of amides is 1. The number of carbonyl (C=O) groups excluding carboxylic acids is 2. The molecule has 0 saturated heterocycles. The largest absolute Gasteiger partial charge is 0.461 e. The molecular weight excluding hydrogens is 428 g/mol. The lowest BCUT2D eigenvalue weighted by Gasteiger charge is -2.22. The van der Waals surface area contributed by atoms with Gasteiger partial charge in [0.15, 0.2) is 0 Å². The van der Waals surface area contributed by atoms with Crippen molar-refractivity contribution in [2.45, 2.75) is 78.4 Å². The van der Waals surface area contributed by atoms with Gasteiger partial charge in [0.2, 0.25) is 5.91 Å². The number of unbranched alkanes of at least 4 members (excludes halogenated alkanes) is 3. The number of nitriles is 1. The molecule has 0 bridgehead atoms. The standard InChI is InChI=1S/C28H36N2O4/c1-4-5-6-10-13-24(16-27(33)34-19-22-11-8-7-9-12-22)25(31)17-26(32)30-28-20(2)14-23(18-29)15-21(28)3/h7-9,11-12,14-15,24-25,31H,4-6,10,13,16-17,19H2,1-3H3,(H,30,32)/t24?,25-/m0/s1. The van der Waals surface area contributed by atoms with Crippen molar-refractivity contribution in [2.75, 3.05) is 5.32 Å². The van der Waals surface area contributed by atoms with Crippen LogP contribution < -0.4 is 5.32 Å². The van der Waals surface area contributed by atoms with Gasteiger partial charge >= 0.3 is 5.97 Å². The maximum atomic E-state index is 12.7. The maximum absolute atomic E-state index is 12.7. The van der Waals surface area contributed by atoms with E-state index in [0.29, 0.717) is 17.7 Å². The Balaban J connectivity index is 1.98. The quantitative estimate of drug-likeness (QED) is 0.298. The molecule has 0 aliphatic heterocycles. The summed E-state index contributed by atoms with van der Waals surface area (Å²) in [7, 11) is 0. The number of nitrogens with one attached hydrogen (secondary N) is 1. The van der Waals surface area contributed by atoms with Crippen LogP contribution in [-0.2, 0) is 20.9 Å². The van der Waals surface area contributed by atoms with Gasteiger partial charge in [-0.15, -0.1) is 0 Å². The van der Waals surface area contributed by atoms with Crippen molar-refractivity contribution in [3.63, 3.8) is 0 Å². The second-order valence-electron chi connectivity index (χ2n) is 8.88. The highest BCUT2D eigenvalue weighted by atomic mass is 16.5. The smallest absolute Gasteiger partial charge is 0.306 e. The Morgan fingerprint density at radius 2 is 1.74 bits per heavy atom. The molecule has 6 nitrogen and oxygen atoms in total. The number of aryl methyl sites for hydroxylation is 2. The SMILES string of the molecule is CCCCCCC(CC(=O)OCc1ccccc1)[C@@H](O)CC(=O)Nc1c(C)cc(C#N)cc1C. The molecule has 1 amide bonds. The van der Waals surface area contributed by atoms with Gasteiger partial charge < -0.3 is 15.2 Å². The molecular formula is C28H36N2O4. The molecule has 0 radical (unpaired) electrons. The van der Waals surface area contributed by atoms with Crippen molar-refractivity contribution in [2.24, 2.45) is 5.92 Å². The first-order chi connectivity index (χ1) is 16.3. The number of esters is 1. The summed E-state index contributed by atoms with van der Waals surface area (Å²) >= 11 is 0. The summed E-state index contributed by atoms with van der Waals surface area (Å²) in [4.78, 5) is 25.2. The van der Waals surface area contributed by atoms with Gasteiger partial charge in [-0.3, -0.25) is 9.59 Å². The van der Waals surface area contributed by atoms with Gasteiger partial charge in [0.25, 0.3) is 0 Å². The number of carbonyl (C=O) groups is 2. The third-order valence-electron chi connectivity index (χ3n) is 5.96. The average Bonchev–Trinajstić information content (AvgIpc) is 2.82. The second kappa shape index (κ2) is 14.2. The van der Waals surface area contributed by atoms with E-state index in [-0.39, 0.29) is 37.2 Å². The number of benzene rings is 2. The molecule has 2 aromatic carbocycles. The van der Waals surface area contributed by atoms with Gasteiger partial charge in [-0.2, -0.15) is 5.26 Å². The monoisotopic (exact) mass is 464 g/mol. The molecule has 0 aliphatic rings. The molecule has 2 rings (SSSR count). The second-order valence-corrected chi connectivity index (χ2v) is 8.88. The molecule has 0 heterocycles. The fourth-order valence-corrected chi connectivity index (χ4v) is 4.05. The maximum Gasteiger partial charge on any atom is 0.306 e. The van der Waals surface area contributed by atoms with Gasteiger partial charge in [0, 0.05) is 5.69 Å². The summed E-state index contributed by atoms with van der Waals surface area (Å²) in [6, 6.07) is 15.0. The molecule has 0 spiro atoms. The number of nitrogens with zero attached hydrogens (tertiary/aromatic N) is 1. The zero-order valence-electron chi connectivity index (χ0n) is 20.5. The lowest BCUT2D eigenvalue weighted by atomic mass is 9.90. The molecule has 34 heavy (non-hydrogen) atoms. The van der Waals surface area contributed by atoms with Crippen LogP contribution in [0, 0.1) is 31.1 Å². The summed E-state index contributed by atoms with van der Waals surface area (Å²) < 4.78 is 5.41. The third-order valence-corrected chi connectivity index (χ3v) is 5.96. The number of ether oxygens (including phenoxy) is 1. The Morgan fingerprint density at radius 3 is 2.35 bits per heavy atom. The number of aliphatic hydroxyl groups excluding tert-OH is 1. The Morgan fingerprint density at radius 1 is 1.06 bits per heavy atom. The third kappa shape index (κ3) is 8.99. The van der Waals surface area contributed by atoms with Crippen LogP contribution in [0.15, 0.2) is 42.5 Å². The summed E-state index contributed by atoms with van der Waals surface area (Å²) in [5.41, 5.74) is 3.68. The highest BCUT2D eigenvalue weighted by Gasteiger charge is 2.25. The Bertz CT molecular complexity index is 959. The molecule has 6 heteroatoms.